The maximum absolute atomic E-state index is 13.1. The van der Waals surface area contributed by atoms with Gasteiger partial charge >= 0.3 is 0 Å². The number of amides is 2. The van der Waals surface area contributed by atoms with Gasteiger partial charge in [-0.15, -0.1) is 11.3 Å². The quantitative estimate of drug-likeness (QED) is 0.509. The Labute approximate surface area is 191 Å². The van der Waals surface area contributed by atoms with Crippen molar-refractivity contribution in [3.8, 4) is 5.82 Å². The monoisotopic (exact) mass is 453 g/mol. The number of hydrogen-bond acceptors (Lipinski definition) is 6. The lowest BCUT2D eigenvalue weighted by Crippen LogP contribution is -2.27. The lowest BCUT2D eigenvalue weighted by molar-refractivity contribution is 0.0948. The molecule has 0 radical (unpaired) electrons. The van der Waals surface area contributed by atoms with Crippen LogP contribution < -0.4 is 10.6 Å². The molecule has 4 rings (SSSR count). The second-order valence-electron chi connectivity index (χ2n) is 7.71. The number of nitrogens with zero attached hydrogens (tertiary/aromatic N) is 3. The molecule has 32 heavy (non-hydrogen) atoms. The molecule has 8 nitrogen and oxygen atoms in total. The number of fused-ring (bicyclic) bond motifs is 1. The molecule has 0 saturated heterocycles. The van der Waals surface area contributed by atoms with Gasteiger partial charge in [0, 0.05) is 31.3 Å². The van der Waals surface area contributed by atoms with E-state index in [0.717, 1.165) is 37.7 Å². The van der Waals surface area contributed by atoms with Crippen LogP contribution >= 0.6 is 11.3 Å². The molecular formula is C23H27N5O3S. The second kappa shape index (κ2) is 10.1. The number of carbonyl (C=O) groups is 2. The van der Waals surface area contributed by atoms with E-state index in [2.05, 4.69) is 20.7 Å². The van der Waals surface area contributed by atoms with Gasteiger partial charge in [-0.1, -0.05) is 6.07 Å². The highest BCUT2D eigenvalue weighted by molar-refractivity contribution is 7.17. The molecule has 3 aromatic rings. The summed E-state index contributed by atoms with van der Waals surface area (Å²) in [5, 5.41) is 10.9. The van der Waals surface area contributed by atoms with Crippen molar-refractivity contribution in [3.63, 3.8) is 0 Å². The summed E-state index contributed by atoms with van der Waals surface area (Å²) >= 11 is 1.51. The molecule has 0 aliphatic heterocycles. The Morgan fingerprint density at radius 3 is 2.84 bits per heavy atom. The Kier molecular flexibility index (Phi) is 6.96. The number of anilines is 1. The minimum Gasteiger partial charge on any atom is -0.385 e. The van der Waals surface area contributed by atoms with E-state index in [1.165, 1.54) is 22.4 Å². The van der Waals surface area contributed by atoms with E-state index < -0.39 is 0 Å². The maximum atomic E-state index is 13.1. The minimum absolute atomic E-state index is 0.142. The average molecular weight is 454 g/mol. The standard InChI is InChI=1S/C23H27N5O3S/c1-15-17(14-26-28(15)19-10-5-6-11-24-19)21(29)27-23-20(22(30)25-12-7-13-31-2)16-8-3-4-9-18(16)32-23/h5-6,10-11,14H,3-4,7-9,12-13H2,1-2H3,(H,25,30)(H,27,29). The van der Waals surface area contributed by atoms with Crippen LogP contribution in [0, 0.1) is 6.92 Å². The normalized spacial score (nSPS) is 12.9. The summed E-state index contributed by atoms with van der Waals surface area (Å²) in [5.41, 5.74) is 2.81. The molecule has 0 aromatic carbocycles. The van der Waals surface area contributed by atoms with Gasteiger partial charge < -0.3 is 15.4 Å². The number of pyridine rings is 1. The molecule has 1 aliphatic rings. The van der Waals surface area contributed by atoms with Gasteiger partial charge in [-0.3, -0.25) is 9.59 Å². The zero-order chi connectivity index (χ0) is 22.5. The van der Waals surface area contributed by atoms with E-state index in [1.54, 1.807) is 18.0 Å². The van der Waals surface area contributed by atoms with Crippen molar-refractivity contribution in [1.82, 2.24) is 20.1 Å². The Morgan fingerprint density at radius 2 is 2.06 bits per heavy atom. The lowest BCUT2D eigenvalue weighted by Gasteiger charge is -2.13. The molecule has 2 amide bonds. The first-order valence-electron chi connectivity index (χ1n) is 10.8. The second-order valence-corrected chi connectivity index (χ2v) is 8.82. The van der Waals surface area contributed by atoms with Gasteiger partial charge in [0.2, 0.25) is 0 Å². The van der Waals surface area contributed by atoms with Crippen molar-refractivity contribution >= 4 is 28.2 Å². The van der Waals surface area contributed by atoms with E-state index >= 15 is 0 Å². The van der Waals surface area contributed by atoms with Crippen LogP contribution in [-0.4, -0.2) is 46.8 Å². The van der Waals surface area contributed by atoms with Gasteiger partial charge in [-0.25, -0.2) is 9.67 Å². The summed E-state index contributed by atoms with van der Waals surface area (Å²) < 4.78 is 6.69. The molecule has 0 unspecified atom stereocenters. The zero-order valence-corrected chi connectivity index (χ0v) is 19.1. The van der Waals surface area contributed by atoms with E-state index in [9.17, 15) is 9.59 Å². The largest absolute Gasteiger partial charge is 0.385 e. The maximum Gasteiger partial charge on any atom is 0.259 e. The number of carbonyl (C=O) groups excluding carboxylic acids is 2. The number of hydrogen-bond donors (Lipinski definition) is 2. The molecule has 2 N–H and O–H groups in total. The van der Waals surface area contributed by atoms with E-state index in [1.807, 2.05) is 25.1 Å². The molecule has 9 heteroatoms. The molecular weight excluding hydrogens is 426 g/mol. The van der Waals surface area contributed by atoms with Crippen LogP contribution in [0.25, 0.3) is 5.82 Å². The van der Waals surface area contributed by atoms with Crippen molar-refractivity contribution in [1.29, 1.82) is 0 Å². The molecule has 0 spiro atoms. The van der Waals surface area contributed by atoms with Gasteiger partial charge in [0.05, 0.1) is 23.0 Å². The minimum atomic E-state index is -0.281. The number of aromatic nitrogens is 3. The summed E-state index contributed by atoms with van der Waals surface area (Å²) in [4.78, 5) is 31.6. The van der Waals surface area contributed by atoms with Crippen LogP contribution in [-0.2, 0) is 17.6 Å². The molecule has 0 fully saturated rings. The fourth-order valence-electron chi connectivity index (χ4n) is 3.91. The Bertz CT molecular complexity index is 1110. The number of ether oxygens (including phenoxy) is 1. The number of nitrogens with one attached hydrogen (secondary N) is 2. The van der Waals surface area contributed by atoms with Gasteiger partial charge in [0.15, 0.2) is 5.82 Å². The first kappa shape index (κ1) is 22.2. The molecule has 0 atom stereocenters. The number of aryl methyl sites for hydroxylation is 1. The lowest BCUT2D eigenvalue weighted by atomic mass is 9.95. The van der Waals surface area contributed by atoms with Crippen molar-refractivity contribution in [2.24, 2.45) is 0 Å². The zero-order valence-electron chi connectivity index (χ0n) is 18.3. The highest BCUT2D eigenvalue weighted by atomic mass is 32.1. The number of methoxy groups -OCH3 is 1. The van der Waals surface area contributed by atoms with Crippen LogP contribution in [0.2, 0.25) is 0 Å². The van der Waals surface area contributed by atoms with Crippen LogP contribution in [0.5, 0.6) is 0 Å². The molecule has 3 heterocycles. The smallest absolute Gasteiger partial charge is 0.259 e. The van der Waals surface area contributed by atoms with Gasteiger partial charge in [-0.2, -0.15) is 5.10 Å². The molecule has 1 aliphatic carbocycles. The van der Waals surface area contributed by atoms with E-state index in [-0.39, 0.29) is 11.8 Å². The highest BCUT2D eigenvalue weighted by Gasteiger charge is 2.27. The molecule has 0 bridgehead atoms. The summed E-state index contributed by atoms with van der Waals surface area (Å²) in [5.74, 6) is 0.222. The summed E-state index contributed by atoms with van der Waals surface area (Å²) in [6.45, 7) is 2.95. The van der Waals surface area contributed by atoms with Crippen LogP contribution in [0.1, 0.15) is 56.1 Å². The van der Waals surface area contributed by atoms with Gasteiger partial charge in [0.1, 0.15) is 5.00 Å². The van der Waals surface area contributed by atoms with Crippen LogP contribution in [0.4, 0.5) is 5.00 Å². The predicted octanol–water partition coefficient (Wildman–Crippen LogP) is 3.53. The average Bonchev–Trinajstić information content (AvgIpc) is 3.37. The first-order valence-corrected chi connectivity index (χ1v) is 11.6. The topological polar surface area (TPSA) is 98.1 Å². The van der Waals surface area contributed by atoms with Crippen molar-refractivity contribution in [2.45, 2.75) is 39.0 Å². The fraction of sp³-hybridized carbons (Fsp3) is 0.391. The first-order chi connectivity index (χ1) is 15.6. The summed E-state index contributed by atoms with van der Waals surface area (Å²) in [6, 6.07) is 5.54. The van der Waals surface area contributed by atoms with Crippen molar-refractivity contribution in [3.05, 3.63) is 57.9 Å². The Balaban J connectivity index is 1.58. The third-order valence-corrected chi connectivity index (χ3v) is 6.76. The van der Waals surface area contributed by atoms with Gasteiger partial charge in [0.25, 0.3) is 11.8 Å². The van der Waals surface area contributed by atoms with E-state index in [4.69, 9.17) is 4.74 Å². The Hall–Kier alpha value is -3.04. The predicted molar refractivity (Wildman–Crippen MR) is 124 cm³/mol. The summed E-state index contributed by atoms with van der Waals surface area (Å²) in [6.07, 6.45) is 7.92. The third-order valence-electron chi connectivity index (χ3n) is 5.56. The number of thiophene rings is 1. The Morgan fingerprint density at radius 1 is 1.22 bits per heavy atom. The molecule has 0 saturated carbocycles. The van der Waals surface area contributed by atoms with E-state index in [0.29, 0.717) is 40.8 Å². The molecule has 3 aromatic heterocycles. The van der Waals surface area contributed by atoms with Crippen molar-refractivity contribution < 1.29 is 14.3 Å². The highest BCUT2D eigenvalue weighted by Crippen LogP contribution is 2.38. The van der Waals surface area contributed by atoms with Crippen molar-refractivity contribution in [2.75, 3.05) is 25.6 Å². The molecule has 168 valence electrons. The summed E-state index contributed by atoms with van der Waals surface area (Å²) in [7, 11) is 1.64. The van der Waals surface area contributed by atoms with Crippen LogP contribution in [0.15, 0.2) is 30.6 Å². The van der Waals surface area contributed by atoms with Crippen LogP contribution in [0.3, 0.4) is 0 Å². The van der Waals surface area contributed by atoms with Gasteiger partial charge in [-0.05, 0) is 56.7 Å². The fourth-order valence-corrected chi connectivity index (χ4v) is 5.20. The number of rotatable bonds is 8. The third kappa shape index (κ3) is 4.58. The SMILES string of the molecule is COCCCNC(=O)c1c(NC(=O)c2cnn(-c3ccccn3)c2C)sc2c1CCCC2.